The van der Waals surface area contributed by atoms with Crippen molar-refractivity contribution >= 4 is 34.8 Å². The van der Waals surface area contributed by atoms with Crippen molar-refractivity contribution in [3.63, 3.8) is 0 Å². The molecule has 0 radical (unpaired) electrons. The van der Waals surface area contributed by atoms with Crippen molar-refractivity contribution in [2.24, 2.45) is 4.99 Å². The second kappa shape index (κ2) is 12.2. The molecule has 0 saturated heterocycles. The Balaban J connectivity index is 1.53. The smallest absolute Gasteiger partial charge is 0.338 e. The lowest BCUT2D eigenvalue weighted by atomic mass is 9.93. The van der Waals surface area contributed by atoms with Gasteiger partial charge in [-0.05, 0) is 43.7 Å². The highest BCUT2D eigenvalue weighted by molar-refractivity contribution is 7.07. The van der Waals surface area contributed by atoms with E-state index in [0.29, 0.717) is 54.6 Å². The number of nitro groups is 1. The third kappa shape index (κ3) is 5.61. The fourth-order valence-electron chi connectivity index (χ4n) is 5.22. The zero-order valence-electron chi connectivity index (χ0n) is 24.6. The van der Waals surface area contributed by atoms with Crippen LogP contribution < -0.4 is 19.6 Å². The van der Waals surface area contributed by atoms with Gasteiger partial charge in [0.15, 0.2) is 4.80 Å². The van der Waals surface area contributed by atoms with Gasteiger partial charge in [-0.1, -0.05) is 65.9 Å². The number of hydrogen-bond acceptors (Lipinski definition) is 9. The number of aryl methyl sites for hydroxylation is 1. The second-order valence-electron chi connectivity index (χ2n) is 10.2. The molecule has 0 amide bonds. The first kappa shape index (κ1) is 29.5. The number of carbonyl (C=O) groups is 1. The Labute approximate surface area is 261 Å². The first-order chi connectivity index (χ1) is 21.8. The van der Waals surface area contributed by atoms with E-state index in [4.69, 9.17) is 18.9 Å². The van der Waals surface area contributed by atoms with Crippen molar-refractivity contribution in [2.45, 2.75) is 19.9 Å². The van der Waals surface area contributed by atoms with Crippen LogP contribution in [0.2, 0.25) is 0 Å². The van der Waals surface area contributed by atoms with Gasteiger partial charge in [0.05, 0.1) is 40.5 Å². The molecule has 0 N–H and O–H groups in total. The zero-order chi connectivity index (χ0) is 31.7. The minimum absolute atomic E-state index is 0.0103. The average molecular weight is 622 g/mol. The lowest BCUT2D eigenvalue weighted by molar-refractivity contribution is -0.385. The number of aromatic nitrogens is 1. The first-order valence-corrected chi connectivity index (χ1v) is 14.9. The molecule has 11 heteroatoms. The van der Waals surface area contributed by atoms with Gasteiger partial charge in [0.1, 0.15) is 17.3 Å². The number of methoxy groups -OCH3 is 1. The molecule has 0 bridgehead atoms. The van der Waals surface area contributed by atoms with Gasteiger partial charge in [-0.3, -0.25) is 19.5 Å². The Kier molecular flexibility index (Phi) is 8.01. The number of ether oxygens (including phenoxy) is 2. The molecule has 5 aromatic rings. The molecule has 10 nitrogen and oxygen atoms in total. The molecular formula is C34H27N3O7S. The van der Waals surface area contributed by atoms with E-state index in [1.54, 1.807) is 63.4 Å². The molecule has 3 heterocycles. The summed E-state index contributed by atoms with van der Waals surface area (Å²) in [5.41, 5.74) is 2.76. The minimum Gasteiger partial charge on any atom is -0.497 e. The summed E-state index contributed by atoms with van der Waals surface area (Å²) in [6, 6.07) is 23.9. The summed E-state index contributed by atoms with van der Waals surface area (Å²) in [7, 11) is 1.57. The number of nitro benzene ring substituents is 1. The maximum atomic E-state index is 14.1. The van der Waals surface area contributed by atoms with Gasteiger partial charge in [-0.25, -0.2) is 9.79 Å². The largest absolute Gasteiger partial charge is 0.497 e. The summed E-state index contributed by atoms with van der Waals surface area (Å²) in [5.74, 6) is 0.860. The standard InChI is InChI=1S/C34H27N3O7S/c1-4-43-33(39)29-30(21-8-6-5-7-9-21)35-34-36(31(29)22-12-14-24(42-3)15-13-22)32(38)28(45-34)19-25-16-17-27(44-25)23-11-10-20(2)26(18-23)37(40)41/h5-19,31H,4H2,1-3H3/b28-19-/t31-/m1/s1. The van der Waals surface area contributed by atoms with Crippen LogP contribution in [-0.4, -0.2) is 29.2 Å². The predicted octanol–water partition coefficient (Wildman–Crippen LogP) is 5.42. The fraction of sp³-hybridized carbons (Fsp3) is 0.147. The van der Waals surface area contributed by atoms with Crippen LogP contribution in [0.15, 0.2) is 105 Å². The maximum absolute atomic E-state index is 14.1. The van der Waals surface area contributed by atoms with Crippen LogP contribution >= 0.6 is 11.3 Å². The topological polar surface area (TPSA) is 126 Å². The van der Waals surface area contributed by atoms with Gasteiger partial charge in [-0.2, -0.15) is 0 Å². The van der Waals surface area contributed by atoms with E-state index in [2.05, 4.69) is 0 Å². The van der Waals surface area contributed by atoms with E-state index in [-0.39, 0.29) is 23.4 Å². The number of esters is 1. The Hall–Kier alpha value is -5.55. The summed E-state index contributed by atoms with van der Waals surface area (Å²) in [6.07, 6.45) is 1.61. The third-order valence-electron chi connectivity index (χ3n) is 7.40. The maximum Gasteiger partial charge on any atom is 0.338 e. The number of nitrogens with zero attached hydrogens (tertiary/aromatic N) is 3. The Morgan fingerprint density at radius 3 is 2.51 bits per heavy atom. The molecule has 6 rings (SSSR count). The SMILES string of the molecule is CCOC(=O)C1=C(c2ccccc2)N=c2s/c(=C\c3ccc(-c4ccc(C)c([N+](=O)[O-])c4)o3)c(=O)n2[C@@H]1c1ccc(OC)cc1. The Bertz CT molecular complexity index is 2140. The summed E-state index contributed by atoms with van der Waals surface area (Å²) in [5, 5.41) is 11.4. The third-order valence-corrected chi connectivity index (χ3v) is 8.38. The lowest BCUT2D eigenvalue weighted by Crippen LogP contribution is -2.40. The van der Waals surface area contributed by atoms with E-state index in [1.807, 2.05) is 42.5 Å². The highest BCUT2D eigenvalue weighted by atomic mass is 32.1. The molecule has 0 unspecified atom stereocenters. The summed E-state index contributed by atoms with van der Waals surface area (Å²) < 4.78 is 18.7. The zero-order valence-corrected chi connectivity index (χ0v) is 25.4. The molecule has 45 heavy (non-hydrogen) atoms. The fourth-order valence-corrected chi connectivity index (χ4v) is 6.20. The predicted molar refractivity (Wildman–Crippen MR) is 170 cm³/mol. The van der Waals surface area contributed by atoms with Crippen LogP contribution in [0, 0.1) is 17.0 Å². The Morgan fingerprint density at radius 1 is 1.07 bits per heavy atom. The molecule has 1 aliphatic heterocycles. The van der Waals surface area contributed by atoms with Gasteiger partial charge >= 0.3 is 5.97 Å². The molecule has 1 aliphatic rings. The molecule has 0 spiro atoms. The van der Waals surface area contributed by atoms with Crippen molar-refractivity contribution in [2.75, 3.05) is 13.7 Å². The van der Waals surface area contributed by atoms with Crippen molar-refractivity contribution in [3.8, 4) is 17.1 Å². The van der Waals surface area contributed by atoms with Gasteiger partial charge < -0.3 is 13.9 Å². The second-order valence-corrected chi connectivity index (χ2v) is 11.2. The molecule has 226 valence electrons. The van der Waals surface area contributed by atoms with E-state index >= 15 is 0 Å². The lowest BCUT2D eigenvalue weighted by Gasteiger charge is -2.26. The van der Waals surface area contributed by atoms with Crippen molar-refractivity contribution < 1.29 is 23.6 Å². The molecule has 3 aromatic carbocycles. The Morgan fingerprint density at radius 2 is 1.82 bits per heavy atom. The number of carbonyl (C=O) groups excluding carboxylic acids is 1. The molecule has 0 fully saturated rings. The van der Waals surface area contributed by atoms with Crippen molar-refractivity contribution in [3.05, 3.63) is 143 Å². The summed E-state index contributed by atoms with van der Waals surface area (Å²) in [4.78, 5) is 43.9. The highest BCUT2D eigenvalue weighted by Crippen LogP contribution is 2.36. The van der Waals surface area contributed by atoms with Crippen LogP contribution in [-0.2, 0) is 9.53 Å². The van der Waals surface area contributed by atoms with Gasteiger partial charge in [-0.15, -0.1) is 0 Å². The first-order valence-electron chi connectivity index (χ1n) is 14.1. The number of hydrogen-bond donors (Lipinski definition) is 0. The van der Waals surface area contributed by atoms with E-state index < -0.39 is 16.9 Å². The quantitative estimate of drug-likeness (QED) is 0.129. The van der Waals surface area contributed by atoms with E-state index in [9.17, 15) is 19.7 Å². The number of fused-ring (bicyclic) bond motifs is 1. The molecular weight excluding hydrogens is 594 g/mol. The van der Waals surface area contributed by atoms with Gasteiger partial charge in [0.25, 0.3) is 11.2 Å². The molecule has 2 aromatic heterocycles. The van der Waals surface area contributed by atoms with E-state index in [0.717, 1.165) is 0 Å². The molecule has 0 aliphatic carbocycles. The summed E-state index contributed by atoms with van der Waals surface area (Å²) in [6.45, 7) is 3.55. The van der Waals surface area contributed by atoms with Crippen molar-refractivity contribution in [1.82, 2.24) is 4.57 Å². The summed E-state index contributed by atoms with van der Waals surface area (Å²) >= 11 is 1.17. The van der Waals surface area contributed by atoms with Gasteiger partial charge in [0, 0.05) is 28.8 Å². The number of rotatable bonds is 8. The van der Waals surface area contributed by atoms with Crippen LogP contribution in [0.4, 0.5) is 5.69 Å². The van der Waals surface area contributed by atoms with E-state index in [1.165, 1.54) is 22.0 Å². The highest BCUT2D eigenvalue weighted by Gasteiger charge is 2.35. The monoisotopic (exact) mass is 621 g/mol. The van der Waals surface area contributed by atoms with Crippen molar-refractivity contribution in [1.29, 1.82) is 0 Å². The number of benzene rings is 3. The molecule has 0 saturated carbocycles. The van der Waals surface area contributed by atoms with Gasteiger partial charge in [0.2, 0.25) is 0 Å². The van der Waals surface area contributed by atoms with Crippen LogP contribution in [0.1, 0.15) is 35.4 Å². The van der Waals surface area contributed by atoms with Crippen LogP contribution in [0.25, 0.3) is 23.1 Å². The normalized spacial score (nSPS) is 14.6. The average Bonchev–Trinajstić information content (AvgIpc) is 3.65. The number of thiazole rings is 1. The number of furan rings is 1. The minimum atomic E-state index is -0.830. The van der Waals surface area contributed by atoms with Crippen LogP contribution in [0.3, 0.4) is 0 Å². The molecule has 1 atom stereocenters. The van der Waals surface area contributed by atoms with Crippen LogP contribution in [0.5, 0.6) is 5.75 Å².